The number of thiazole rings is 1. The van der Waals surface area contributed by atoms with Crippen LogP contribution in [0.2, 0.25) is 0 Å². The number of carbonyl (C=O) groups excluding carboxylic acids is 2. The number of hydrogen-bond donors (Lipinski definition) is 0. The first-order valence-electron chi connectivity index (χ1n) is 6.74. The van der Waals surface area contributed by atoms with E-state index in [1.807, 2.05) is 12.3 Å². The zero-order valence-electron chi connectivity index (χ0n) is 12.7. The Bertz CT molecular complexity index is 693. The fourth-order valence-corrected chi connectivity index (χ4v) is 2.57. The van der Waals surface area contributed by atoms with Crippen LogP contribution in [0.3, 0.4) is 0 Å². The number of aryl methyl sites for hydroxylation is 1. The number of Topliss-reactive ketones (excluding diaryl/α,β-unsaturated/α-hetero) is 1. The van der Waals surface area contributed by atoms with Gasteiger partial charge in [0.15, 0.2) is 5.78 Å². The van der Waals surface area contributed by atoms with Crippen LogP contribution in [-0.2, 0) is 22.6 Å². The normalized spacial score (nSPS) is 10.3. The minimum atomic E-state index is -0.385. The average molecular weight is 319 g/mol. The molecule has 1 aromatic heterocycles. The van der Waals surface area contributed by atoms with Crippen LogP contribution in [0.4, 0.5) is 0 Å². The number of aromatic nitrogens is 1. The number of nitrogens with zero attached hydrogens (tertiary/aromatic N) is 1. The SMILES string of the molecule is COc1ccc(C(C)=O)cc1CC(=O)OCc1csc(C)n1. The van der Waals surface area contributed by atoms with E-state index in [2.05, 4.69) is 4.98 Å². The number of benzene rings is 1. The van der Waals surface area contributed by atoms with E-state index in [4.69, 9.17) is 9.47 Å². The van der Waals surface area contributed by atoms with Crippen molar-refractivity contribution in [1.82, 2.24) is 4.98 Å². The number of carbonyl (C=O) groups is 2. The first-order valence-corrected chi connectivity index (χ1v) is 7.62. The van der Waals surface area contributed by atoms with Crippen LogP contribution in [0.5, 0.6) is 5.75 Å². The monoisotopic (exact) mass is 319 g/mol. The summed E-state index contributed by atoms with van der Waals surface area (Å²) in [7, 11) is 1.52. The van der Waals surface area contributed by atoms with Crippen molar-refractivity contribution in [2.45, 2.75) is 26.9 Å². The van der Waals surface area contributed by atoms with Gasteiger partial charge in [-0.15, -0.1) is 11.3 Å². The van der Waals surface area contributed by atoms with Gasteiger partial charge in [-0.25, -0.2) is 4.98 Å². The molecule has 2 aromatic rings. The molecule has 22 heavy (non-hydrogen) atoms. The second-order valence-corrected chi connectivity index (χ2v) is 5.84. The number of rotatable bonds is 6. The summed E-state index contributed by atoms with van der Waals surface area (Å²) in [5.74, 6) is 0.117. The van der Waals surface area contributed by atoms with Crippen LogP contribution in [-0.4, -0.2) is 23.8 Å². The number of ether oxygens (including phenoxy) is 2. The molecular weight excluding hydrogens is 302 g/mol. The van der Waals surface area contributed by atoms with Crippen molar-refractivity contribution in [3.05, 3.63) is 45.4 Å². The largest absolute Gasteiger partial charge is 0.496 e. The van der Waals surface area contributed by atoms with Gasteiger partial charge in [-0.05, 0) is 32.0 Å². The van der Waals surface area contributed by atoms with E-state index in [1.165, 1.54) is 25.4 Å². The molecule has 6 heteroatoms. The Hall–Kier alpha value is -2.21. The Morgan fingerprint density at radius 1 is 1.32 bits per heavy atom. The zero-order chi connectivity index (χ0) is 16.1. The minimum Gasteiger partial charge on any atom is -0.496 e. The van der Waals surface area contributed by atoms with Gasteiger partial charge in [0.05, 0.1) is 24.2 Å². The molecule has 0 unspecified atom stereocenters. The molecule has 0 atom stereocenters. The molecule has 0 saturated carbocycles. The van der Waals surface area contributed by atoms with E-state index in [0.717, 1.165) is 10.7 Å². The van der Waals surface area contributed by atoms with Crippen LogP contribution in [0, 0.1) is 6.92 Å². The summed E-state index contributed by atoms with van der Waals surface area (Å²) in [6.07, 6.45) is 0.0490. The Kier molecular flexibility index (Phi) is 5.27. The summed E-state index contributed by atoms with van der Waals surface area (Å²) >= 11 is 1.51. The summed E-state index contributed by atoms with van der Waals surface area (Å²) < 4.78 is 10.4. The maximum atomic E-state index is 12.0. The quantitative estimate of drug-likeness (QED) is 0.605. The highest BCUT2D eigenvalue weighted by Crippen LogP contribution is 2.21. The molecular formula is C16H17NO4S. The second kappa shape index (κ2) is 7.17. The van der Waals surface area contributed by atoms with E-state index in [-0.39, 0.29) is 24.8 Å². The highest BCUT2D eigenvalue weighted by atomic mass is 32.1. The second-order valence-electron chi connectivity index (χ2n) is 4.78. The number of esters is 1. The van der Waals surface area contributed by atoms with Crippen LogP contribution in [0.25, 0.3) is 0 Å². The van der Waals surface area contributed by atoms with Crippen molar-refractivity contribution < 1.29 is 19.1 Å². The Morgan fingerprint density at radius 2 is 2.09 bits per heavy atom. The van der Waals surface area contributed by atoms with Crippen LogP contribution in [0.1, 0.15) is 33.5 Å². The lowest BCUT2D eigenvalue weighted by Crippen LogP contribution is -2.10. The standard InChI is InChI=1S/C16H17NO4S/c1-10(18)12-4-5-15(20-3)13(6-12)7-16(19)21-8-14-9-22-11(2)17-14/h4-6,9H,7-8H2,1-3H3. The third kappa shape index (κ3) is 4.14. The highest BCUT2D eigenvalue weighted by Gasteiger charge is 2.13. The molecule has 0 saturated heterocycles. The molecule has 116 valence electrons. The van der Waals surface area contributed by atoms with Gasteiger partial charge in [-0.1, -0.05) is 0 Å². The van der Waals surface area contributed by atoms with E-state index in [0.29, 0.717) is 16.9 Å². The molecule has 0 aliphatic heterocycles. The van der Waals surface area contributed by atoms with Crippen molar-refractivity contribution >= 4 is 23.1 Å². The lowest BCUT2D eigenvalue weighted by atomic mass is 10.0. The summed E-state index contributed by atoms with van der Waals surface area (Å²) in [6.45, 7) is 3.53. The van der Waals surface area contributed by atoms with Crippen molar-refractivity contribution in [2.75, 3.05) is 7.11 Å². The van der Waals surface area contributed by atoms with Gasteiger partial charge in [-0.2, -0.15) is 0 Å². The Labute approximate surface area is 132 Å². The maximum absolute atomic E-state index is 12.0. The highest BCUT2D eigenvalue weighted by molar-refractivity contribution is 7.09. The summed E-state index contributed by atoms with van der Waals surface area (Å²) in [5, 5.41) is 2.79. The van der Waals surface area contributed by atoms with E-state index in [9.17, 15) is 9.59 Å². The van der Waals surface area contributed by atoms with Crippen LogP contribution < -0.4 is 4.74 Å². The van der Waals surface area contributed by atoms with Gasteiger partial charge < -0.3 is 9.47 Å². The van der Waals surface area contributed by atoms with E-state index >= 15 is 0 Å². The zero-order valence-corrected chi connectivity index (χ0v) is 13.5. The average Bonchev–Trinajstić information content (AvgIpc) is 2.90. The summed E-state index contributed by atoms with van der Waals surface area (Å²) in [6, 6.07) is 5.02. The molecule has 1 aromatic carbocycles. The van der Waals surface area contributed by atoms with Gasteiger partial charge in [0.25, 0.3) is 0 Å². The topological polar surface area (TPSA) is 65.5 Å². The Morgan fingerprint density at radius 3 is 2.68 bits per heavy atom. The molecule has 2 rings (SSSR count). The fourth-order valence-electron chi connectivity index (χ4n) is 1.97. The van der Waals surface area contributed by atoms with E-state index < -0.39 is 0 Å². The number of ketones is 1. The van der Waals surface area contributed by atoms with Crippen molar-refractivity contribution in [3.8, 4) is 5.75 Å². The predicted octanol–water partition coefficient (Wildman–Crippen LogP) is 2.95. The first-order chi connectivity index (χ1) is 10.5. The summed E-state index contributed by atoms with van der Waals surface area (Å²) in [5.41, 5.74) is 1.91. The lowest BCUT2D eigenvalue weighted by Gasteiger charge is -2.09. The van der Waals surface area contributed by atoms with Gasteiger partial charge in [-0.3, -0.25) is 9.59 Å². The lowest BCUT2D eigenvalue weighted by molar-refractivity contribution is -0.144. The minimum absolute atomic E-state index is 0.0490. The molecule has 0 N–H and O–H groups in total. The molecule has 0 radical (unpaired) electrons. The molecule has 0 aliphatic carbocycles. The molecule has 0 amide bonds. The first kappa shape index (κ1) is 16.2. The molecule has 5 nitrogen and oxygen atoms in total. The molecule has 0 aliphatic rings. The third-order valence-electron chi connectivity index (χ3n) is 3.07. The Balaban J connectivity index is 2.03. The molecule has 0 spiro atoms. The van der Waals surface area contributed by atoms with Crippen LogP contribution >= 0.6 is 11.3 Å². The maximum Gasteiger partial charge on any atom is 0.310 e. The molecule has 0 bridgehead atoms. The van der Waals surface area contributed by atoms with E-state index in [1.54, 1.807) is 18.2 Å². The van der Waals surface area contributed by atoms with Gasteiger partial charge >= 0.3 is 5.97 Å². The molecule has 0 fully saturated rings. The molecule has 1 heterocycles. The van der Waals surface area contributed by atoms with Gasteiger partial charge in [0, 0.05) is 16.5 Å². The number of hydrogen-bond acceptors (Lipinski definition) is 6. The van der Waals surface area contributed by atoms with Gasteiger partial charge in [0.2, 0.25) is 0 Å². The predicted molar refractivity (Wildman–Crippen MR) is 83.3 cm³/mol. The van der Waals surface area contributed by atoms with Crippen LogP contribution in [0.15, 0.2) is 23.6 Å². The van der Waals surface area contributed by atoms with Gasteiger partial charge in [0.1, 0.15) is 12.4 Å². The number of methoxy groups -OCH3 is 1. The third-order valence-corrected chi connectivity index (χ3v) is 3.89. The van der Waals surface area contributed by atoms with Crippen molar-refractivity contribution in [1.29, 1.82) is 0 Å². The summed E-state index contributed by atoms with van der Waals surface area (Å²) in [4.78, 5) is 27.6. The van der Waals surface area contributed by atoms with Crippen molar-refractivity contribution in [3.63, 3.8) is 0 Å². The van der Waals surface area contributed by atoms with Crippen molar-refractivity contribution in [2.24, 2.45) is 0 Å². The smallest absolute Gasteiger partial charge is 0.310 e. The fraction of sp³-hybridized carbons (Fsp3) is 0.312.